The molecule has 78 valence electrons. The lowest BCUT2D eigenvalue weighted by Crippen LogP contribution is -2.03. The van der Waals surface area contributed by atoms with Gasteiger partial charge in [-0.25, -0.2) is 4.39 Å². The van der Waals surface area contributed by atoms with Gasteiger partial charge >= 0.3 is 0 Å². The van der Waals surface area contributed by atoms with Crippen LogP contribution in [0.15, 0.2) is 30.5 Å². The van der Waals surface area contributed by atoms with Crippen LogP contribution in [0.4, 0.5) is 4.39 Å². The number of nitrogens with zero attached hydrogens (tertiary/aromatic N) is 1. The van der Waals surface area contributed by atoms with Crippen LogP contribution in [0.3, 0.4) is 0 Å². The summed E-state index contributed by atoms with van der Waals surface area (Å²) in [5, 5.41) is 0. The molecule has 4 heteroatoms. The van der Waals surface area contributed by atoms with E-state index in [1.165, 1.54) is 6.07 Å². The Bertz CT molecular complexity index is 527. The molecule has 0 aliphatic heterocycles. The molecule has 1 N–H and O–H groups in total. The fourth-order valence-corrected chi connectivity index (χ4v) is 1.74. The van der Waals surface area contributed by atoms with Gasteiger partial charge in [0.25, 0.3) is 0 Å². The highest BCUT2D eigenvalue weighted by molar-refractivity contribution is 7.71. The van der Waals surface area contributed by atoms with Crippen LogP contribution >= 0.6 is 12.2 Å². The summed E-state index contributed by atoms with van der Waals surface area (Å²) in [4.78, 5) is 2.93. The molecule has 15 heavy (non-hydrogen) atoms. The van der Waals surface area contributed by atoms with Gasteiger partial charge in [-0.1, -0.05) is 18.2 Å². The zero-order valence-electron chi connectivity index (χ0n) is 8.33. The van der Waals surface area contributed by atoms with E-state index in [9.17, 15) is 4.39 Å². The first-order valence-electron chi connectivity index (χ1n) is 4.66. The first-order valence-corrected chi connectivity index (χ1v) is 5.07. The second-order valence-corrected chi connectivity index (χ2v) is 3.80. The summed E-state index contributed by atoms with van der Waals surface area (Å²) in [5.74, 6) is -0.194. The van der Waals surface area contributed by atoms with Gasteiger partial charge in [0.1, 0.15) is 5.82 Å². The van der Waals surface area contributed by atoms with E-state index < -0.39 is 0 Å². The van der Waals surface area contributed by atoms with E-state index in [0.717, 1.165) is 5.69 Å². The SMILES string of the molecule is Cc1c[nH]c(=S)n1Cc1ccccc1F. The zero-order valence-corrected chi connectivity index (χ0v) is 9.14. The van der Waals surface area contributed by atoms with Gasteiger partial charge in [-0.15, -0.1) is 0 Å². The Labute approximate surface area is 92.4 Å². The maximum atomic E-state index is 13.4. The highest BCUT2D eigenvalue weighted by atomic mass is 32.1. The molecule has 0 radical (unpaired) electrons. The van der Waals surface area contributed by atoms with Gasteiger partial charge in [0, 0.05) is 17.5 Å². The lowest BCUT2D eigenvalue weighted by Gasteiger charge is -2.06. The van der Waals surface area contributed by atoms with Crippen LogP contribution in [0.1, 0.15) is 11.3 Å². The van der Waals surface area contributed by atoms with E-state index in [2.05, 4.69) is 4.98 Å². The van der Waals surface area contributed by atoms with Crippen molar-refractivity contribution in [2.45, 2.75) is 13.5 Å². The predicted molar refractivity (Wildman–Crippen MR) is 59.9 cm³/mol. The molecular weight excluding hydrogens is 211 g/mol. The largest absolute Gasteiger partial charge is 0.337 e. The van der Waals surface area contributed by atoms with Crippen molar-refractivity contribution in [3.05, 3.63) is 52.3 Å². The van der Waals surface area contributed by atoms with E-state index >= 15 is 0 Å². The van der Waals surface area contributed by atoms with Crippen LogP contribution in [-0.4, -0.2) is 9.55 Å². The van der Waals surface area contributed by atoms with Crippen molar-refractivity contribution in [3.63, 3.8) is 0 Å². The Hall–Kier alpha value is -1.42. The third-order valence-electron chi connectivity index (χ3n) is 2.36. The molecule has 0 fully saturated rings. The standard InChI is InChI=1S/C11H11FN2S/c1-8-6-13-11(15)14(8)7-9-4-2-3-5-10(9)12/h2-6H,7H2,1H3,(H,13,15). The quantitative estimate of drug-likeness (QED) is 0.774. The molecule has 0 saturated carbocycles. The van der Waals surface area contributed by atoms with Gasteiger partial charge in [-0.3, -0.25) is 0 Å². The Morgan fingerprint density at radius 1 is 1.40 bits per heavy atom. The normalized spacial score (nSPS) is 10.5. The number of hydrogen-bond donors (Lipinski definition) is 1. The van der Waals surface area contributed by atoms with E-state index in [1.54, 1.807) is 12.1 Å². The van der Waals surface area contributed by atoms with E-state index in [-0.39, 0.29) is 5.82 Å². The summed E-state index contributed by atoms with van der Waals surface area (Å²) in [6.45, 7) is 2.41. The molecule has 1 heterocycles. The molecule has 0 atom stereocenters. The number of benzene rings is 1. The summed E-state index contributed by atoms with van der Waals surface area (Å²) in [7, 11) is 0. The molecule has 2 nitrogen and oxygen atoms in total. The maximum Gasteiger partial charge on any atom is 0.177 e. The molecule has 0 spiro atoms. The summed E-state index contributed by atoms with van der Waals surface area (Å²) >= 11 is 5.10. The van der Waals surface area contributed by atoms with Crippen LogP contribution in [0.5, 0.6) is 0 Å². The smallest absolute Gasteiger partial charge is 0.177 e. The highest BCUT2D eigenvalue weighted by Gasteiger charge is 2.04. The third-order valence-corrected chi connectivity index (χ3v) is 2.70. The lowest BCUT2D eigenvalue weighted by molar-refractivity contribution is 0.596. The first-order chi connectivity index (χ1) is 7.18. The average Bonchev–Trinajstić information content (AvgIpc) is 2.53. The second-order valence-electron chi connectivity index (χ2n) is 3.41. The summed E-state index contributed by atoms with van der Waals surface area (Å²) in [5.41, 5.74) is 1.65. The number of halogens is 1. The average molecular weight is 222 g/mol. The van der Waals surface area contributed by atoms with Crippen molar-refractivity contribution >= 4 is 12.2 Å². The Morgan fingerprint density at radius 2 is 2.13 bits per heavy atom. The van der Waals surface area contributed by atoms with E-state index in [4.69, 9.17) is 12.2 Å². The molecular formula is C11H11FN2S. The topological polar surface area (TPSA) is 20.7 Å². The van der Waals surface area contributed by atoms with Gasteiger partial charge < -0.3 is 9.55 Å². The Balaban J connectivity index is 2.38. The molecule has 0 aliphatic rings. The van der Waals surface area contributed by atoms with Crippen LogP contribution < -0.4 is 0 Å². The monoisotopic (exact) mass is 222 g/mol. The van der Waals surface area contributed by atoms with Crippen molar-refractivity contribution in [1.82, 2.24) is 9.55 Å². The van der Waals surface area contributed by atoms with Crippen molar-refractivity contribution in [1.29, 1.82) is 0 Å². The van der Waals surface area contributed by atoms with Crippen LogP contribution in [0, 0.1) is 17.5 Å². The summed E-state index contributed by atoms with van der Waals surface area (Å²) in [6.07, 6.45) is 1.82. The van der Waals surface area contributed by atoms with Gasteiger partial charge in [-0.05, 0) is 25.2 Å². The van der Waals surface area contributed by atoms with Crippen LogP contribution in [-0.2, 0) is 6.54 Å². The van der Waals surface area contributed by atoms with Gasteiger partial charge in [-0.2, -0.15) is 0 Å². The minimum absolute atomic E-state index is 0.194. The molecule has 0 aliphatic carbocycles. The number of H-pyrrole nitrogens is 1. The van der Waals surface area contributed by atoms with Crippen molar-refractivity contribution < 1.29 is 4.39 Å². The first kappa shape index (κ1) is 10.1. The van der Waals surface area contributed by atoms with E-state index in [1.807, 2.05) is 23.8 Å². The summed E-state index contributed by atoms with van der Waals surface area (Å²) in [6, 6.07) is 6.73. The Morgan fingerprint density at radius 3 is 2.73 bits per heavy atom. The molecule has 0 bridgehead atoms. The number of nitrogens with one attached hydrogen (secondary N) is 1. The van der Waals surface area contributed by atoms with Gasteiger partial charge in [0.2, 0.25) is 0 Å². The van der Waals surface area contributed by atoms with E-state index in [0.29, 0.717) is 16.9 Å². The van der Waals surface area contributed by atoms with Gasteiger partial charge in [0.15, 0.2) is 4.77 Å². The van der Waals surface area contributed by atoms with Gasteiger partial charge in [0.05, 0.1) is 6.54 Å². The van der Waals surface area contributed by atoms with Crippen molar-refractivity contribution in [2.75, 3.05) is 0 Å². The minimum Gasteiger partial charge on any atom is -0.337 e. The number of aromatic amines is 1. The number of hydrogen-bond acceptors (Lipinski definition) is 1. The second kappa shape index (κ2) is 3.98. The Kier molecular flexibility index (Phi) is 2.68. The molecule has 1 aromatic carbocycles. The lowest BCUT2D eigenvalue weighted by atomic mass is 10.2. The molecule has 0 saturated heterocycles. The minimum atomic E-state index is -0.194. The fraction of sp³-hybridized carbons (Fsp3) is 0.182. The number of imidazole rings is 1. The highest BCUT2D eigenvalue weighted by Crippen LogP contribution is 2.10. The fourth-order valence-electron chi connectivity index (χ4n) is 1.48. The number of rotatable bonds is 2. The molecule has 1 aromatic heterocycles. The summed E-state index contributed by atoms with van der Waals surface area (Å²) < 4.78 is 15.9. The zero-order chi connectivity index (χ0) is 10.8. The molecule has 2 aromatic rings. The van der Waals surface area contributed by atoms with Crippen molar-refractivity contribution in [2.24, 2.45) is 0 Å². The molecule has 0 amide bonds. The maximum absolute atomic E-state index is 13.4. The van der Waals surface area contributed by atoms with Crippen LogP contribution in [0.25, 0.3) is 0 Å². The number of aromatic nitrogens is 2. The van der Waals surface area contributed by atoms with Crippen LogP contribution in [0.2, 0.25) is 0 Å². The predicted octanol–water partition coefficient (Wildman–Crippen LogP) is 3.04. The third kappa shape index (κ3) is 1.99. The van der Waals surface area contributed by atoms with Crippen molar-refractivity contribution in [3.8, 4) is 0 Å². The molecule has 2 rings (SSSR count). The molecule has 0 unspecified atom stereocenters. The number of aryl methyl sites for hydroxylation is 1.